The number of hydrogen-bond acceptors (Lipinski definition) is 3. The van der Waals surface area contributed by atoms with Crippen molar-refractivity contribution >= 4 is 32.3 Å². The van der Waals surface area contributed by atoms with Crippen LogP contribution in [0.25, 0.3) is 88.7 Å². The molecule has 0 radical (unpaired) electrons. The highest BCUT2D eigenvalue weighted by Gasteiger charge is 2.37. The fourth-order valence-electron chi connectivity index (χ4n) is 8.37. The van der Waals surface area contributed by atoms with Gasteiger partial charge in [-0.15, -0.1) is 0 Å². The first-order chi connectivity index (χ1) is 25.1. The van der Waals surface area contributed by atoms with Gasteiger partial charge in [0.15, 0.2) is 17.5 Å². The molecule has 0 spiro atoms. The van der Waals surface area contributed by atoms with Crippen molar-refractivity contribution < 1.29 is 0 Å². The van der Waals surface area contributed by atoms with E-state index in [2.05, 4.69) is 159 Å². The van der Waals surface area contributed by atoms with Gasteiger partial charge in [-0.3, -0.25) is 0 Å². The summed E-state index contributed by atoms with van der Waals surface area (Å²) in [5, 5.41) is 7.00. The zero-order chi connectivity index (χ0) is 34.1. The van der Waals surface area contributed by atoms with Crippen molar-refractivity contribution in [3.05, 3.63) is 175 Å². The number of fused-ring (bicyclic) bond motifs is 7. The van der Waals surface area contributed by atoms with Crippen LogP contribution in [0.2, 0.25) is 0 Å². The molecule has 1 aliphatic rings. The van der Waals surface area contributed by atoms with Crippen LogP contribution in [0, 0.1) is 0 Å². The van der Waals surface area contributed by atoms with Crippen LogP contribution in [-0.2, 0) is 5.41 Å². The maximum absolute atomic E-state index is 5.41. The third-order valence-corrected chi connectivity index (χ3v) is 10.7. The van der Waals surface area contributed by atoms with Crippen molar-refractivity contribution in [2.24, 2.45) is 0 Å². The average Bonchev–Trinajstić information content (AvgIpc) is 3.43. The summed E-state index contributed by atoms with van der Waals surface area (Å²) in [7, 11) is 0. The molecule has 51 heavy (non-hydrogen) atoms. The van der Waals surface area contributed by atoms with E-state index in [0.29, 0.717) is 17.5 Å². The van der Waals surface area contributed by atoms with Crippen molar-refractivity contribution in [2.45, 2.75) is 19.3 Å². The van der Waals surface area contributed by atoms with E-state index in [4.69, 9.17) is 15.0 Å². The van der Waals surface area contributed by atoms with E-state index in [-0.39, 0.29) is 5.41 Å². The molecule has 0 N–H and O–H groups in total. The van der Waals surface area contributed by atoms with Crippen molar-refractivity contribution in [2.75, 3.05) is 0 Å². The summed E-state index contributed by atoms with van der Waals surface area (Å²) in [5.74, 6) is 1.97. The van der Waals surface area contributed by atoms with Gasteiger partial charge in [0.25, 0.3) is 0 Å². The second-order valence-electron chi connectivity index (χ2n) is 14.0. The number of benzene rings is 8. The summed E-state index contributed by atoms with van der Waals surface area (Å²) in [5.41, 5.74) is 10.4. The molecule has 0 fully saturated rings. The van der Waals surface area contributed by atoms with E-state index in [1.165, 1.54) is 44.0 Å². The number of rotatable bonds is 4. The van der Waals surface area contributed by atoms with Crippen LogP contribution in [0.5, 0.6) is 0 Å². The third-order valence-electron chi connectivity index (χ3n) is 10.7. The van der Waals surface area contributed by atoms with Crippen LogP contribution < -0.4 is 0 Å². The highest BCUT2D eigenvalue weighted by molar-refractivity contribution is 6.19. The van der Waals surface area contributed by atoms with E-state index >= 15 is 0 Å². The summed E-state index contributed by atoms with van der Waals surface area (Å²) in [6.07, 6.45) is 0. The van der Waals surface area contributed by atoms with Crippen molar-refractivity contribution in [1.82, 2.24) is 15.0 Å². The van der Waals surface area contributed by atoms with Gasteiger partial charge in [-0.25, -0.2) is 15.0 Å². The van der Waals surface area contributed by atoms with E-state index in [1.807, 2.05) is 18.2 Å². The number of nitrogens with zero attached hydrogens (tertiary/aromatic N) is 3. The lowest BCUT2D eigenvalue weighted by Crippen LogP contribution is -2.16. The predicted octanol–water partition coefficient (Wildman–Crippen LogP) is 12.3. The molecule has 3 nitrogen and oxygen atoms in total. The Kier molecular flexibility index (Phi) is 6.53. The molecule has 1 heterocycles. The molecular formula is C48H33N3. The van der Waals surface area contributed by atoms with Crippen molar-refractivity contribution in [3.63, 3.8) is 0 Å². The van der Waals surface area contributed by atoms with E-state index in [0.717, 1.165) is 38.4 Å². The Morgan fingerprint density at radius 2 is 0.961 bits per heavy atom. The number of aromatic nitrogens is 3. The molecule has 9 aromatic rings. The van der Waals surface area contributed by atoms with Gasteiger partial charge in [0.1, 0.15) is 0 Å². The Hall–Kier alpha value is -6.45. The molecule has 0 saturated carbocycles. The molecule has 3 heteroatoms. The number of hydrogen-bond donors (Lipinski definition) is 0. The fraction of sp³-hybridized carbons (Fsp3) is 0.0625. The average molecular weight is 652 g/mol. The SMILES string of the molecule is CC1(C)c2ccccc2-c2cccc(-c3ccccc3-c3nc(-c4ccccc4)nc(-c4c5ccccc5cc5c4ccc4ccccc45)n3)c21. The van der Waals surface area contributed by atoms with Crippen LogP contribution in [0.4, 0.5) is 0 Å². The molecule has 8 aromatic carbocycles. The molecule has 1 aliphatic carbocycles. The molecule has 10 rings (SSSR count). The lowest BCUT2D eigenvalue weighted by Gasteiger charge is -2.25. The Labute approximate surface area is 297 Å². The lowest BCUT2D eigenvalue weighted by atomic mass is 9.78. The first-order valence-corrected chi connectivity index (χ1v) is 17.5. The largest absolute Gasteiger partial charge is 0.208 e. The minimum absolute atomic E-state index is 0.167. The first-order valence-electron chi connectivity index (χ1n) is 17.5. The van der Waals surface area contributed by atoms with Crippen LogP contribution in [0.15, 0.2) is 164 Å². The Morgan fingerprint density at radius 1 is 0.373 bits per heavy atom. The van der Waals surface area contributed by atoms with E-state index < -0.39 is 0 Å². The van der Waals surface area contributed by atoms with Gasteiger partial charge in [-0.05, 0) is 71.8 Å². The Morgan fingerprint density at radius 3 is 1.78 bits per heavy atom. The van der Waals surface area contributed by atoms with E-state index in [9.17, 15) is 0 Å². The minimum Gasteiger partial charge on any atom is -0.208 e. The maximum atomic E-state index is 5.41. The third kappa shape index (κ3) is 4.55. The molecule has 240 valence electrons. The summed E-state index contributed by atoms with van der Waals surface area (Å²) < 4.78 is 0. The van der Waals surface area contributed by atoms with Gasteiger partial charge in [0.2, 0.25) is 0 Å². The molecule has 0 atom stereocenters. The molecule has 0 aliphatic heterocycles. The molecule has 0 saturated heterocycles. The smallest absolute Gasteiger partial charge is 0.165 e. The Bertz CT molecular complexity index is 2830. The Balaban J connectivity index is 1.27. The molecule has 0 bridgehead atoms. The van der Waals surface area contributed by atoms with Gasteiger partial charge in [-0.1, -0.05) is 172 Å². The normalized spacial score (nSPS) is 13.1. The molecule has 1 aromatic heterocycles. The molecule has 0 amide bonds. The van der Waals surface area contributed by atoms with Crippen LogP contribution in [0.1, 0.15) is 25.0 Å². The van der Waals surface area contributed by atoms with Gasteiger partial charge >= 0.3 is 0 Å². The van der Waals surface area contributed by atoms with Crippen LogP contribution >= 0.6 is 0 Å². The minimum atomic E-state index is -0.167. The zero-order valence-electron chi connectivity index (χ0n) is 28.4. The summed E-state index contributed by atoms with van der Waals surface area (Å²) in [6, 6.07) is 58.3. The topological polar surface area (TPSA) is 38.7 Å². The molecular weight excluding hydrogens is 619 g/mol. The van der Waals surface area contributed by atoms with Gasteiger partial charge < -0.3 is 0 Å². The highest BCUT2D eigenvalue weighted by Crippen LogP contribution is 2.53. The zero-order valence-corrected chi connectivity index (χ0v) is 28.4. The van der Waals surface area contributed by atoms with Crippen LogP contribution in [-0.4, -0.2) is 15.0 Å². The van der Waals surface area contributed by atoms with E-state index in [1.54, 1.807) is 0 Å². The second kappa shape index (κ2) is 11.3. The summed E-state index contributed by atoms with van der Waals surface area (Å²) in [4.78, 5) is 15.9. The maximum Gasteiger partial charge on any atom is 0.165 e. The summed E-state index contributed by atoms with van der Waals surface area (Å²) >= 11 is 0. The first kappa shape index (κ1) is 29.5. The highest BCUT2D eigenvalue weighted by atomic mass is 15.0. The molecule has 0 unspecified atom stereocenters. The lowest BCUT2D eigenvalue weighted by molar-refractivity contribution is 0.662. The van der Waals surface area contributed by atoms with Crippen LogP contribution in [0.3, 0.4) is 0 Å². The van der Waals surface area contributed by atoms with Crippen molar-refractivity contribution in [3.8, 4) is 56.4 Å². The van der Waals surface area contributed by atoms with Gasteiger partial charge in [0.05, 0.1) is 0 Å². The standard InChI is InChI=1S/C48H33N3/c1-48(2)42-26-13-12-22-36(42)39-25-14-24-38(44(39)48)35-21-10-11-23-40(35)46-49-45(31-16-4-3-5-17-31)50-47(51-46)43-34-20-9-7-18-32(34)29-41-33-19-8-6-15-30(33)27-28-37(41)43/h3-29H,1-2H3. The quantitative estimate of drug-likeness (QED) is 0.140. The monoisotopic (exact) mass is 651 g/mol. The predicted molar refractivity (Wildman–Crippen MR) is 212 cm³/mol. The fourth-order valence-corrected chi connectivity index (χ4v) is 8.37. The van der Waals surface area contributed by atoms with Gasteiger partial charge in [-0.2, -0.15) is 0 Å². The van der Waals surface area contributed by atoms with Gasteiger partial charge in [0, 0.05) is 22.1 Å². The van der Waals surface area contributed by atoms with Crippen molar-refractivity contribution in [1.29, 1.82) is 0 Å². The second-order valence-corrected chi connectivity index (χ2v) is 14.0. The summed E-state index contributed by atoms with van der Waals surface area (Å²) in [6.45, 7) is 4.68.